The van der Waals surface area contributed by atoms with Gasteiger partial charge in [0.25, 0.3) is 0 Å². The van der Waals surface area contributed by atoms with Gasteiger partial charge in [-0.05, 0) is 38.0 Å². The van der Waals surface area contributed by atoms with Crippen molar-refractivity contribution in [3.05, 3.63) is 29.8 Å². The maximum atomic E-state index is 3.23. The van der Waals surface area contributed by atoms with Gasteiger partial charge in [0.2, 0.25) is 0 Å². The minimum atomic E-state index is 0.500. The molecular formula is C11H18N2. The molecule has 0 aliphatic carbocycles. The molecule has 1 atom stereocenters. The molecule has 0 amide bonds. The molecule has 72 valence electrons. The van der Waals surface area contributed by atoms with Crippen LogP contribution in [0.2, 0.25) is 0 Å². The fourth-order valence-corrected chi connectivity index (χ4v) is 1.03. The van der Waals surface area contributed by atoms with Gasteiger partial charge in [0, 0.05) is 11.7 Å². The van der Waals surface area contributed by atoms with Gasteiger partial charge in [-0.15, -0.1) is 0 Å². The number of nitrogens with one attached hydrogen (secondary N) is 2. The standard InChI is InChI=1S/C11H18N2/c1-4-10(3)12-13-11-7-5-6-9(2)8-11/h5-8,10,12-13H,4H2,1-3H3. The molecule has 0 heterocycles. The third-order valence-corrected chi connectivity index (χ3v) is 2.09. The van der Waals surface area contributed by atoms with Crippen LogP contribution in [-0.2, 0) is 0 Å². The molecule has 1 aromatic rings. The lowest BCUT2D eigenvalue weighted by Crippen LogP contribution is -2.30. The van der Waals surface area contributed by atoms with E-state index in [2.05, 4.69) is 55.9 Å². The molecular weight excluding hydrogens is 160 g/mol. The zero-order valence-corrected chi connectivity index (χ0v) is 8.59. The summed E-state index contributed by atoms with van der Waals surface area (Å²) < 4.78 is 0. The Morgan fingerprint density at radius 3 is 2.77 bits per heavy atom. The number of benzene rings is 1. The maximum absolute atomic E-state index is 3.23. The van der Waals surface area contributed by atoms with Crippen LogP contribution in [0.4, 0.5) is 5.69 Å². The quantitative estimate of drug-likeness (QED) is 0.693. The highest BCUT2D eigenvalue weighted by Crippen LogP contribution is 2.08. The number of hydrazine groups is 1. The molecule has 0 saturated carbocycles. The first kappa shape index (κ1) is 10.1. The van der Waals surface area contributed by atoms with Crippen LogP contribution in [0.3, 0.4) is 0 Å². The Labute approximate surface area is 80.3 Å². The zero-order valence-electron chi connectivity index (χ0n) is 8.59. The molecule has 2 nitrogen and oxygen atoms in total. The van der Waals surface area contributed by atoms with Crippen molar-refractivity contribution >= 4 is 5.69 Å². The van der Waals surface area contributed by atoms with Crippen molar-refractivity contribution in [1.29, 1.82) is 0 Å². The Morgan fingerprint density at radius 2 is 2.15 bits per heavy atom. The largest absolute Gasteiger partial charge is 0.321 e. The van der Waals surface area contributed by atoms with Crippen LogP contribution in [0, 0.1) is 6.92 Å². The molecule has 0 bridgehead atoms. The number of rotatable bonds is 4. The van der Waals surface area contributed by atoms with Crippen molar-refractivity contribution in [2.24, 2.45) is 0 Å². The summed E-state index contributed by atoms with van der Waals surface area (Å²) in [5.41, 5.74) is 8.81. The molecule has 1 aromatic carbocycles. The van der Waals surface area contributed by atoms with E-state index in [0.29, 0.717) is 6.04 Å². The Kier molecular flexibility index (Phi) is 3.77. The average Bonchev–Trinajstić information content (AvgIpc) is 2.14. The van der Waals surface area contributed by atoms with E-state index in [-0.39, 0.29) is 0 Å². The van der Waals surface area contributed by atoms with Crippen molar-refractivity contribution in [3.63, 3.8) is 0 Å². The van der Waals surface area contributed by atoms with Gasteiger partial charge in [-0.25, -0.2) is 5.43 Å². The zero-order chi connectivity index (χ0) is 9.68. The Hall–Kier alpha value is -1.02. The second kappa shape index (κ2) is 4.87. The molecule has 1 unspecified atom stereocenters. The lowest BCUT2D eigenvalue weighted by atomic mass is 10.2. The van der Waals surface area contributed by atoms with E-state index >= 15 is 0 Å². The molecule has 0 saturated heterocycles. The first-order valence-electron chi connectivity index (χ1n) is 4.80. The molecule has 0 fully saturated rings. The summed E-state index contributed by atoms with van der Waals surface area (Å²) in [6.07, 6.45) is 1.12. The van der Waals surface area contributed by atoms with Crippen LogP contribution in [0.1, 0.15) is 25.8 Å². The fourth-order valence-electron chi connectivity index (χ4n) is 1.03. The molecule has 0 spiro atoms. The Balaban J connectivity index is 2.45. The van der Waals surface area contributed by atoms with Crippen molar-refractivity contribution in [2.45, 2.75) is 33.2 Å². The minimum Gasteiger partial charge on any atom is -0.321 e. The summed E-state index contributed by atoms with van der Waals surface area (Å²) in [5, 5.41) is 0. The van der Waals surface area contributed by atoms with Crippen molar-refractivity contribution in [3.8, 4) is 0 Å². The smallest absolute Gasteiger partial charge is 0.0490 e. The second-order valence-electron chi connectivity index (χ2n) is 3.45. The van der Waals surface area contributed by atoms with E-state index in [4.69, 9.17) is 0 Å². The highest BCUT2D eigenvalue weighted by Gasteiger charge is 1.96. The number of anilines is 1. The second-order valence-corrected chi connectivity index (χ2v) is 3.45. The monoisotopic (exact) mass is 178 g/mol. The predicted octanol–water partition coefficient (Wildman–Crippen LogP) is 2.71. The SMILES string of the molecule is CCC(C)NNc1cccc(C)c1. The van der Waals surface area contributed by atoms with Gasteiger partial charge in [-0.2, -0.15) is 0 Å². The van der Waals surface area contributed by atoms with Gasteiger partial charge in [0.15, 0.2) is 0 Å². The molecule has 0 aromatic heterocycles. The van der Waals surface area contributed by atoms with Crippen LogP contribution < -0.4 is 10.9 Å². The summed E-state index contributed by atoms with van der Waals surface area (Å²) in [4.78, 5) is 0. The van der Waals surface area contributed by atoms with Crippen LogP contribution in [0.25, 0.3) is 0 Å². The predicted molar refractivity (Wildman–Crippen MR) is 57.7 cm³/mol. The first-order valence-corrected chi connectivity index (χ1v) is 4.80. The molecule has 13 heavy (non-hydrogen) atoms. The van der Waals surface area contributed by atoms with Crippen LogP contribution in [-0.4, -0.2) is 6.04 Å². The average molecular weight is 178 g/mol. The fraction of sp³-hybridized carbons (Fsp3) is 0.455. The van der Waals surface area contributed by atoms with Gasteiger partial charge < -0.3 is 5.43 Å². The van der Waals surface area contributed by atoms with E-state index in [9.17, 15) is 0 Å². The van der Waals surface area contributed by atoms with Crippen molar-refractivity contribution in [1.82, 2.24) is 5.43 Å². The first-order chi connectivity index (χ1) is 6.22. The van der Waals surface area contributed by atoms with Gasteiger partial charge in [0.1, 0.15) is 0 Å². The summed E-state index contributed by atoms with van der Waals surface area (Å²) in [6.45, 7) is 6.41. The summed E-state index contributed by atoms with van der Waals surface area (Å²) in [7, 11) is 0. The lowest BCUT2D eigenvalue weighted by molar-refractivity contribution is 0.587. The Morgan fingerprint density at radius 1 is 1.38 bits per heavy atom. The van der Waals surface area contributed by atoms with Crippen LogP contribution >= 0.6 is 0 Å². The number of hydrogen-bond donors (Lipinski definition) is 2. The van der Waals surface area contributed by atoms with E-state index in [0.717, 1.165) is 12.1 Å². The van der Waals surface area contributed by atoms with E-state index in [1.54, 1.807) is 0 Å². The topological polar surface area (TPSA) is 24.1 Å². The van der Waals surface area contributed by atoms with Crippen molar-refractivity contribution in [2.75, 3.05) is 5.43 Å². The van der Waals surface area contributed by atoms with E-state index < -0.39 is 0 Å². The van der Waals surface area contributed by atoms with Gasteiger partial charge in [-0.3, -0.25) is 0 Å². The van der Waals surface area contributed by atoms with Crippen LogP contribution in [0.5, 0.6) is 0 Å². The molecule has 2 N–H and O–H groups in total. The maximum Gasteiger partial charge on any atom is 0.0490 e. The van der Waals surface area contributed by atoms with Gasteiger partial charge in [-0.1, -0.05) is 19.1 Å². The molecule has 0 aliphatic rings. The summed E-state index contributed by atoms with van der Waals surface area (Å²) in [5.74, 6) is 0. The third kappa shape index (κ3) is 3.47. The number of hydrogen-bond acceptors (Lipinski definition) is 2. The summed E-state index contributed by atoms with van der Waals surface area (Å²) >= 11 is 0. The summed E-state index contributed by atoms with van der Waals surface area (Å²) in [6, 6.07) is 8.82. The molecule has 1 rings (SSSR count). The Bertz CT molecular complexity index is 258. The lowest BCUT2D eigenvalue weighted by Gasteiger charge is -2.13. The van der Waals surface area contributed by atoms with Crippen LogP contribution in [0.15, 0.2) is 24.3 Å². The highest BCUT2D eigenvalue weighted by molar-refractivity contribution is 5.44. The minimum absolute atomic E-state index is 0.500. The van der Waals surface area contributed by atoms with Crippen molar-refractivity contribution < 1.29 is 0 Å². The molecule has 0 aliphatic heterocycles. The van der Waals surface area contributed by atoms with E-state index in [1.165, 1.54) is 5.56 Å². The molecule has 2 heteroatoms. The third-order valence-electron chi connectivity index (χ3n) is 2.09. The number of aryl methyl sites for hydroxylation is 1. The van der Waals surface area contributed by atoms with E-state index in [1.807, 2.05) is 0 Å². The normalized spacial score (nSPS) is 12.5. The highest BCUT2D eigenvalue weighted by atomic mass is 15.4. The van der Waals surface area contributed by atoms with Gasteiger partial charge >= 0.3 is 0 Å². The van der Waals surface area contributed by atoms with Gasteiger partial charge in [0.05, 0.1) is 0 Å². The molecule has 0 radical (unpaired) electrons.